The van der Waals surface area contributed by atoms with E-state index in [0.717, 1.165) is 0 Å². The van der Waals surface area contributed by atoms with Crippen LogP contribution in [-0.4, -0.2) is 34.8 Å². The number of hydrogen-bond acceptors (Lipinski definition) is 3. The predicted octanol–water partition coefficient (Wildman–Crippen LogP) is -1.76. The molecule has 0 atom stereocenters. The summed E-state index contributed by atoms with van der Waals surface area (Å²) in [5.74, 6) is 0. The first-order valence-electron chi connectivity index (χ1n) is 2.16. The van der Waals surface area contributed by atoms with Gasteiger partial charge in [0.05, 0.1) is 0 Å². The number of rotatable bonds is 2. The highest BCUT2D eigenvalue weighted by molar-refractivity contribution is 5.72. The molecule has 0 fully saturated rings. The SMILES string of the molecule is [O]N(CO)C(=O)NCO. The van der Waals surface area contributed by atoms with Gasteiger partial charge in [0.15, 0.2) is 0 Å². The molecule has 0 aliphatic carbocycles. The highest BCUT2D eigenvalue weighted by Crippen LogP contribution is 1.78. The highest BCUT2D eigenvalue weighted by atomic mass is 16.5. The summed E-state index contributed by atoms with van der Waals surface area (Å²) in [7, 11) is 0. The van der Waals surface area contributed by atoms with E-state index < -0.39 is 19.5 Å². The fraction of sp³-hybridized carbons (Fsp3) is 0.667. The van der Waals surface area contributed by atoms with E-state index in [2.05, 4.69) is 0 Å². The number of urea groups is 1. The molecule has 2 amide bonds. The van der Waals surface area contributed by atoms with Crippen LogP contribution >= 0.6 is 0 Å². The van der Waals surface area contributed by atoms with Gasteiger partial charge < -0.3 is 15.5 Å². The molecule has 6 nitrogen and oxygen atoms in total. The lowest BCUT2D eigenvalue weighted by molar-refractivity contribution is -0.153. The van der Waals surface area contributed by atoms with Crippen molar-refractivity contribution in [3.05, 3.63) is 0 Å². The van der Waals surface area contributed by atoms with Gasteiger partial charge in [-0.25, -0.2) is 4.79 Å². The fourth-order valence-electron chi connectivity index (χ4n) is 0.220. The number of aliphatic hydroxyl groups excluding tert-OH is 2. The van der Waals surface area contributed by atoms with Crippen LogP contribution in [0.3, 0.4) is 0 Å². The van der Waals surface area contributed by atoms with Crippen molar-refractivity contribution < 1.29 is 20.2 Å². The van der Waals surface area contributed by atoms with Crippen molar-refractivity contribution in [1.82, 2.24) is 10.4 Å². The molecule has 3 N–H and O–H groups in total. The van der Waals surface area contributed by atoms with E-state index in [4.69, 9.17) is 10.2 Å². The lowest BCUT2D eigenvalue weighted by Crippen LogP contribution is -2.37. The molecule has 0 heterocycles. The Morgan fingerprint density at radius 3 is 2.44 bits per heavy atom. The smallest absolute Gasteiger partial charge is 0.347 e. The van der Waals surface area contributed by atoms with Gasteiger partial charge in [-0.05, 0) is 0 Å². The molecule has 0 aromatic heterocycles. The molecule has 0 rings (SSSR count). The number of aliphatic hydroxyl groups is 2. The molecule has 6 heteroatoms. The summed E-state index contributed by atoms with van der Waals surface area (Å²) in [5, 5.41) is 27.6. The van der Waals surface area contributed by atoms with Crippen molar-refractivity contribution in [2.45, 2.75) is 0 Å². The van der Waals surface area contributed by atoms with Crippen LogP contribution in [0, 0.1) is 0 Å². The Morgan fingerprint density at radius 1 is 1.56 bits per heavy atom. The average molecular weight is 135 g/mol. The molecule has 0 aromatic carbocycles. The Morgan fingerprint density at radius 2 is 2.11 bits per heavy atom. The van der Waals surface area contributed by atoms with Crippen LogP contribution in [0.1, 0.15) is 0 Å². The van der Waals surface area contributed by atoms with Crippen LogP contribution in [0.4, 0.5) is 4.79 Å². The minimum Gasteiger partial charge on any atom is -0.376 e. The first-order valence-corrected chi connectivity index (χ1v) is 2.16. The van der Waals surface area contributed by atoms with E-state index in [1.54, 1.807) is 5.32 Å². The minimum atomic E-state index is -1.06. The van der Waals surface area contributed by atoms with E-state index in [-0.39, 0.29) is 5.06 Å². The van der Waals surface area contributed by atoms with Crippen LogP contribution in [0.25, 0.3) is 0 Å². The zero-order valence-electron chi connectivity index (χ0n) is 4.57. The Labute approximate surface area is 51.3 Å². The summed E-state index contributed by atoms with van der Waals surface area (Å²) in [6, 6.07) is -1.06. The second kappa shape index (κ2) is 4.07. The summed E-state index contributed by atoms with van der Waals surface area (Å²) < 4.78 is 0. The van der Waals surface area contributed by atoms with Crippen molar-refractivity contribution in [1.29, 1.82) is 0 Å². The zero-order valence-corrected chi connectivity index (χ0v) is 4.57. The molecule has 53 valence electrons. The van der Waals surface area contributed by atoms with E-state index in [9.17, 15) is 10.0 Å². The van der Waals surface area contributed by atoms with E-state index in [1.165, 1.54) is 0 Å². The zero-order chi connectivity index (χ0) is 7.28. The van der Waals surface area contributed by atoms with Crippen LogP contribution < -0.4 is 5.32 Å². The van der Waals surface area contributed by atoms with Crippen molar-refractivity contribution >= 4 is 6.03 Å². The monoisotopic (exact) mass is 135 g/mol. The molecule has 0 aliphatic rings. The Kier molecular flexibility index (Phi) is 3.69. The Balaban J connectivity index is 3.46. The first-order chi connectivity index (χ1) is 4.22. The molecular weight excluding hydrogens is 128 g/mol. The number of hydrogen-bond donors (Lipinski definition) is 3. The van der Waals surface area contributed by atoms with Gasteiger partial charge in [0, 0.05) is 0 Å². The van der Waals surface area contributed by atoms with Crippen LogP contribution in [-0.2, 0) is 5.21 Å². The van der Waals surface area contributed by atoms with Crippen LogP contribution in [0.2, 0.25) is 0 Å². The van der Waals surface area contributed by atoms with Gasteiger partial charge in [-0.2, -0.15) is 0 Å². The van der Waals surface area contributed by atoms with Crippen molar-refractivity contribution in [2.75, 3.05) is 13.5 Å². The maximum atomic E-state index is 10.2. The predicted molar refractivity (Wildman–Crippen MR) is 25.2 cm³/mol. The van der Waals surface area contributed by atoms with Gasteiger partial charge in [-0.1, -0.05) is 5.21 Å². The molecule has 0 bridgehead atoms. The number of nitrogens with zero attached hydrogens (tertiary/aromatic N) is 1. The van der Waals surface area contributed by atoms with Crippen molar-refractivity contribution in [2.24, 2.45) is 0 Å². The third-order valence-corrected chi connectivity index (χ3v) is 0.585. The largest absolute Gasteiger partial charge is 0.376 e. The second-order valence-electron chi connectivity index (χ2n) is 1.16. The van der Waals surface area contributed by atoms with Crippen molar-refractivity contribution in [3.63, 3.8) is 0 Å². The third-order valence-electron chi connectivity index (χ3n) is 0.585. The standard InChI is InChI=1S/C3H7N2O4/c6-1-4-3(8)5(9)2-7/h6-7H,1-2H2,(H,4,8). The maximum absolute atomic E-state index is 10.2. The van der Waals surface area contributed by atoms with Gasteiger partial charge in [-0.3, -0.25) is 0 Å². The minimum absolute atomic E-state index is 0.226. The van der Waals surface area contributed by atoms with Crippen LogP contribution in [0.5, 0.6) is 0 Å². The lowest BCUT2D eigenvalue weighted by Gasteiger charge is -2.06. The molecule has 0 unspecified atom stereocenters. The van der Waals surface area contributed by atoms with E-state index >= 15 is 0 Å². The topological polar surface area (TPSA) is 92.7 Å². The van der Waals surface area contributed by atoms with E-state index in [0.29, 0.717) is 0 Å². The Bertz CT molecular complexity index is 95.8. The van der Waals surface area contributed by atoms with Crippen LogP contribution in [0.15, 0.2) is 0 Å². The average Bonchev–Trinajstić information content (AvgIpc) is 1.87. The summed E-state index contributed by atoms with van der Waals surface area (Å²) >= 11 is 0. The number of amides is 2. The molecule has 0 aliphatic heterocycles. The summed E-state index contributed by atoms with van der Waals surface area (Å²) in [6.07, 6.45) is 0. The number of carbonyl (C=O) groups excluding carboxylic acids is 1. The van der Waals surface area contributed by atoms with Gasteiger partial charge in [0.25, 0.3) is 0 Å². The van der Waals surface area contributed by atoms with E-state index in [1.807, 2.05) is 0 Å². The summed E-state index contributed by atoms with van der Waals surface area (Å²) in [4.78, 5) is 10.2. The number of hydroxylamine groups is 2. The number of carbonyl (C=O) groups is 1. The van der Waals surface area contributed by atoms with Gasteiger partial charge in [0.1, 0.15) is 13.5 Å². The first kappa shape index (κ1) is 8.15. The van der Waals surface area contributed by atoms with Gasteiger partial charge >= 0.3 is 6.03 Å². The Hall–Kier alpha value is -0.850. The lowest BCUT2D eigenvalue weighted by atomic mass is 10.9. The normalized spacial score (nSPS) is 8.78. The molecule has 0 saturated carbocycles. The van der Waals surface area contributed by atoms with Gasteiger partial charge in [-0.15, -0.1) is 5.06 Å². The third kappa shape index (κ3) is 2.85. The molecular formula is C3H7N2O4. The molecule has 1 radical (unpaired) electrons. The highest BCUT2D eigenvalue weighted by Gasteiger charge is 2.07. The molecule has 0 spiro atoms. The second-order valence-corrected chi connectivity index (χ2v) is 1.16. The quantitative estimate of drug-likeness (QED) is 0.309. The summed E-state index contributed by atoms with van der Waals surface area (Å²) in [6.45, 7) is -1.52. The van der Waals surface area contributed by atoms with Crippen molar-refractivity contribution in [3.8, 4) is 0 Å². The van der Waals surface area contributed by atoms with Gasteiger partial charge in [0.2, 0.25) is 0 Å². The molecule has 0 saturated heterocycles. The number of nitrogens with one attached hydrogen (secondary N) is 1. The fourth-order valence-corrected chi connectivity index (χ4v) is 0.220. The maximum Gasteiger partial charge on any atom is 0.347 e. The summed E-state index contributed by atoms with van der Waals surface area (Å²) in [5.41, 5.74) is 0. The molecule has 9 heavy (non-hydrogen) atoms. The molecule has 0 aromatic rings.